The summed E-state index contributed by atoms with van der Waals surface area (Å²) in [6, 6.07) is 3.15. The van der Waals surface area contributed by atoms with Gasteiger partial charge in [0.2, 0.25) is 0 Å². The van der Waals surface area contributed by atoms with Gasteiger partial charge < -0.3 is 5.73 Å². The van der Waals surface area contributed by atoms with Gasteiger partial charge >= 0.3 is 0 Å². The van der Waals surface area contributed by atoms with Gasteiger partial charge in [-0.3, -0.25) is 4.79 Å². The van der Waals surface area contributed by atoms with Crippen LogP contribution in [0.25, 0.3) is 0 Å². The van der Waals surface area contributed by atoms with Crippen LogP contribution < -0.4 is 5.73 Å². The molecule has 0 atom stereocenters. The molecule has 1 amide bonds. The topological polar surface area (TPSA) is 43.1 Å². The summed E-state index contributed by atoms with van der Waals surface area (Å²) in [7, 11) is 0. The molecule has 5 heteroatoms. The number of primary amides is 1. The molecule has 0 spiro atoms. The SMILES string of the molecule is NC(=O)c1c(I)ccc(Br)c1F. The van der Waals surface area contributed by atoms with Gasteiger partial charge in [-0.05, 0) is 50.7 Å². The molecule has 0 bridgehead atoms. The van der Waals surface area contributed by atoms with E-state index in [9.17, 15) is 9.18 Å². The molecule has 0 fully saturated rings. The van der Waals surface area contributed by atoms with Gasteiger partial charge in [-0.25, -0.2) is 4.39 Å². The van der Waals surface area contributed by atoms with Crippen molar-refractivity contribution in [3.63, 3.8) is 0 Å². The molecule has 0 radical (unpaired) electrons. The highest BCUT2D eigenvalue weighted by molar-refractivity contribution is 14.1. The molecule has 0 unspecified atom stereocenters. The average Bonchev–Trinajstić information content (AvgIpc) is 1.97. The van der Waals surface area contributed by atoms with E-state index in [-0.39, 0.29) is 10.0 Å². The van der Waals surface area contributed by atoms with Gasteiger partial charge in [0, 0.05) is 3.57 Å². The van der Waals surface area contributed by atoms with Crippen molar-refractivity contribution in [2.24, 2.45) is 5.73 Å². The Balaban J connectivity index is 3.43. The van der Waals surface area contributed by atoms with Crippen molar-refractivity contribution < 1.29 is 9.18 Å². The molecule has 2 nitrogen and oxygen atoms in total. The Kier molecular flexibility index (Phi) is 3.05. The Bertz CT molecular complexity index is 342. The first kappa shape index (κ1) is 9.91. The fraction of sp³-hybridized carbons (Fsp3) is 0. The fourth-order valence-electron chi connectivity index (χ4n) is 0.753. The van der Waals surface area contributed by atoms with Gasteiger partial charge in [-0.2, -0.15) is 0 Å². The molecule has 0 saturated heterocycles. The normalized spacial score (nSPS) is 9.92. The number of halogens is 3. The van der Waals surface area contributed by atoms with Crippen molar-refractivity contribution >= 4 is 44.4 Å². The molecule has 12 heavy (non-hydrogen) atoms. The van der Waals surface area contributed by atoms with Crippen LogP contribution in [0.1, 0.15) is 10.4 Å². The minimum Gasteiger partial charge on any atom is -0.365 e. The van der Waals surface area contributed by atoms with Crippen LogP contribution in [-0.2, 0) is 0 Å². The van der Waals surface area contributed by atoms with Crippen LogP contribution in [0.15, 0.2) is 16.6 Å². The van der Waals surface area contributed by atoms with Crippen molar-refractivity contribution in [3.05, 3.63) is 31.6 Å². The summed E-state index contributed by atoms with van der Waals surface area (Å²) in [6.45, 7) is 0. The first-order valence-electron chi connectivity index (χ1n) is 2.97. The average molecular weight is 344 g/mol. The minimum absolute atomic E-state index is 0.0648. The van der Waals surface area contributed by atoms with Crippen LogP contribution in [0.3, 0.4) is 0 Å². The molecule has 0 aliphatic heterocycles. The van der Waals surface area contributed by atoms with Crippen molar-refractivity contribution in [2.45, 2.75) is 0 Å². The van der Waals surface area contributed by atoms with E-state index in [1.165, 1.54) is 6.07 Å². The van der Waals surface area contributed by atoms with E-state index in [0.29, 0.717) is 3.57 Å². The van der Waals surface area contributed by atoms with E-state index in [4.69, 9.17) is 5.73 Å². The Morgan fingerprint density at radius 2 is 2.17 bits per heavy atom. The van der Waals surface area contributed by atoms with Crippen molar-refractivity contribution in [2.75, 3.05) is 0 Å². The largest absolute Gasteiger partial charge is 0.365 e. The van der Waals surface area contributed by atoms with Crippen LogP contribution in [-0.4, -0.2) is 5.91 Å². The molecular formula is C7H4BrFINO. The Morgan fingerprint density at radius 1 is 1.58 bits per heavy atom. The predicted molar refractivity (Wildman–Crippen MR) is 55.3 cm³/mol. The number of carbonyl (C=O) groups is 1. The van der Waals surface area contributed by atoms with Crippen LogP contribution in [0.5, 0.6) is 0 Å². The molecule has 2 N–H and O–H groups in total. The van der Waals surface area contributed by atoms with E-state index < -0.39 is 11.7 Å². The second kappa shape index (κ2) is 3.69. The van der Waals surface area contributed by atoms with Gasteiger partial charge in [0.05, 0.1) is 10.0 Å². The van der Waals surface area contributed by atoms with E-state index in [1.807, 2.05) is 22.6 Å². The third-order valence-corrected chi connectivity index (χ3v) is 2.80. The monoisotopic (exact) mass is 343 g/mol. The number of nitrogens with two attached hydrogens (primary N) is 1. The minimum atomic E-state index is -0.752. The maximum Gasteiger partial charge on any atom is 0.252 e. The number of hydrogen-bond acceptors (Lipinski definition) is 1. The number of rotatable bonds is 1. The van der Waals surface area contributed by atoms with E-state index in [0.717, 1.165) is 0 Å². The number of benzene rings is 1. The summed E-state index contributed by atoms with van der Waals surface area (Å²) in [5.41, 5.74) is 4.91. The molecule has 1 rings (SSSR count). The van der Waals surface area contributed by atoms with Crippen LogP contribution in [0.2, 0.25) is 0 Å². The lowest BCUT2D eigenvalue weighted by atomic mass is 10.2. The molecule has 64 valence electrons. The van der Waals surface area contributed by atoms with Gasteiger partial charge in [-0.1, -0.05) is 0 Å². The Hall–Kier alpha value is -0.170. The zero-order valence-electron chi connectivity index (χ0n) is 5.77. The Morgan fingerprint density at radius 3 is 2.58 bits per heavy atom. The second-order valence-corrected chi connectivity index (χ2v) is 4.10. The molecular weight excluding hydrogens is 340 g/mol. The van der Waals surface area contributed by atoms with Crippen LogP contribution in [0, 0.1) is 9.39 Å². The number of carbonyl (C=O) groups excluding carboxylic acids is 1. The summed E-state index contributed by atoms with van der Waals surface area (Å²) in [5, 5.41) is 0. The molecule has 1 aromatic rings. The molecule has 0 aliphatic rings. The summed E-state index contributed by atoms with van der Waals surface area (Å²) < 4.78 is 13.9. The fourth-order valence-corrected chi connectivity index (χ4v) is 1.77. The lowest BCUT2D eigenvalue weighted by Crippen LogP contribution is -2.15. The lowest BCUT2D eigenvalue weighted by Gasteiger charge is -2.02. The standard InChI is InChI=1S/C7H4BrFINO/c8-3-1-2-4(10)5(6(3)9)7(11)12/h1-2H,(H2,11,12). The molecule has 0 aromatic heterocycles. The predicted octanol–water partition coefficient (Wildman–Crippen LogP) is 2.29. The van der Waals surface area contributed by atoms with Crippen molar-refractivity contribution in [1.82, 2.24) is 0 Å². The summed E-state index contributed by atoms with van der Waals surface area (Å²) >= 11 is 4.82. The molecule has 0 saturated carbocycles. The summed E-state index contributed by atoms with van der Waals surface area (Å²) in [6.07, 6.45) is 0. The number of hydrogen-bond donors (Lipinski definition) is 1. The third-order valence-electron chi connectivity index (χ3n) is 1.29. The smallest absolute Gasteiger partial charge is 0.252 e. The van der Waals surface area contributed by atoms with E-state index in [1.54, 1.807) is 6.07 Å². The highest BCUT2D eigenvalue weighted by Gasteiger charge is 2.14. The summed E-state index contributed by atoms with van der Waals surface area (Å²) in [5.74, 6) is -1.35. The van der Waals surface area contributed by atoms with Crippen LogP contribution in [0.4, 0.5) is 4.39 Å². The quantitative estimate of drug-likeness (QED) is 0.617. The maximum atomic E-state index is 13.2. The Labute approximate surface area is 90.6 Å². The van der Waals surface area contributed by atoms with E-state index in [2.05, 4.69) is 15.9 Å². The van der Waals surface area contributed by atoms with Crippen molar-refractivity contribution in [3.8, 4) is 0 Å². The highest BCUT2D eigenvalue weighted by atomic mass is 127. The first-order valence-corrected chi connectivity index (χ1v) is 4.84. The molecule has 1 aromatic carbocycles. The van der Waals surface area contributed by atoms with Gasteiger partial charge in [0.1, 0.15) is 0 Å². The van der Waals surface area contributed by atoms with Gasteiger partial charge in [-0.15, -0.1) is 0 Å². The third kappa shape index (κ3) is 1.77. The van der Waals surface area contributed by atoms with Gasteiger partial charge in [0.15, 0.2) is 5.82 Å². The zero-order valence-corrected chi connectivity index (χ0v) is 9.52. The second-order valence-electron chi connectivity index (χ2n) is 2.08. The maximum absolute atomic E-state index is 13.2. The van der Waals surface area contributed by atoms with E-state index >= 15 is 0 Å². The number of amides is 1. The van der Waals surface area contributed by atoms with Gasteiger partial charge in [0.25, 0.3) is 5.91 Å². The first-order chi connectivity index (χ1) is 5.54. The summed E-state index contributed by atoms with van der Waals surface area (Å²) in [4.78, 5) is 10.8. The molecule has 0 heterocycles. The highest BCUT2D eigenvalue weighted by Crippen LogP contribution is 2.22. The van der Waals surface area contributed by atoms with Crippen LogP contribution >= 0.6 is 38.5 Å². The lowest BCUT2D eigenvalue weighted by molar-refractivity contribution is 0.0995. The zero-order chi connectivity index (χ0) is 9.30. The molecule has 0 aliphatic carbocycles. The van der Waals surface area contributed by atoms with Crippen molar-refractivity contribution in [1.29, 1.82) is 0 Å².